The van der Waals surface area contributed by atoms with Gasteiger partial charge in [0.25, 0.3) is 0 Å². The molecule has 1 aliphatic heterocycles. The van der Waals surface area contributed by atoms with Crippen LogP contribution in [0.25, 0.3) is 11.3 Å². The molecule has 0 bridgehead atoms. The first-order valence-electron chi connectivity index (χ1n) is 14.0. The van der Waals surface area contributed by atoms with Crippen molar-refractivity contribution < 1.29 is 9.90 Å². The van der Waals surface area contributed by atoms with Crippen molar-refractivity contribution in [3.63, 3.8) is 0 Å². The van der Waals surface area contributed by atoms with Gasteiger partial charge in [-0.15, -0.1) is 12.4 Å². The molecule has 8 heteroatoms. The molecule has 0 spiro atoms. The van der Waals surface area contributed by atoms with E-state index in [1.807, 2.05) is 29.1 Å². The van der Waals surface area contributed by atoms with Gasteiger partial charge >= 0.3 is 5.97 Å². The zero-order valence-corrected chi connectivity index (χ0v) is 23.4. The summed E-state index contributed by atoms with van der Waals surface area (Å²) in [5.41, 5.74) is 6.61. The van der Waals surface area contributed by atoms with Gasteiger partial charge in [-0.25, -0.2) is 9.48 Å². The summed E-state index contributed by atoms with van der Waals surface area (Å²) in [6, 6.07) is 31.8. The summed E-state index contributed by atoms with van der Waals surface area (Å²) in [7, 11) is 0. The third-order valence-electron chi connectivity index (χ3n) is 8.49. The van der Waals surface area contributed by atoms with Gasteiger partial charge in [-0.2, -0.15) is 10.2 Å². The highest BCUT2D eigenvalue weighted by Gasteiger charge is 2.43. The van der Waals surface area contributed by atoms with Crippen LogP contribution < -0.4 is 5.32 Å². The molecular formula is C33H32ClN5O2. The van der Waals surface area contributed by atoms with Gasteiger partial charge < -0.3 is 10.4 Å². The van der Waals surface area contributed by atoms with Crippen LogP contribution in [0, 0.1) is 0 Å². The molecule has 1 saturated heterocycles. The fourth-order valence-electron chi connectivity index (χ4n) is 6.73. The molecule has 2 aliphatic rings. The van der Waals surface area contributed by atoms with Crippen LogP contribution >= 0.6 is 12.4 Å². The minimum atomic E-state index is -0.966. The van der Waals surface area contributed by atoms with Crippen molar-refractivity contribution in [1.29, 1.82) is 0 Å². The largest absolute Gasteiger partial charge is 0.476 e. The van der Waals surface area contributed by atoms with Crippen molar-refractivity contribution >= 4 is 18.4 Å². The van der Waals surface area contributed by atoms with Crippen molar-refractivity contribution in [3.05, 3.63) is 131 Å². The summed E-state index contributed by atoms with van der Waals surface area (Å²) < 4.78 is 4.18. The van der Waals surface area contributed by atoms with Crippen LogP contribution in [0.4, 0.5) is 0 Å². The van der Waals surface area contributed by atoms with Crippen molar-refractivity contribution in [2.45, 2.75) is 37.3 Å². The second-order valence-electron chi connectivity index (χ2n) is 10.6. The third-order valence-corrected chi connectivity index (χ3v) is 8.49. The maximum atomic E-state index is 12.3. The lowest BCUT2D eigenvalue weighted by Crippen LogP contribution is -2.40. The first-order valence-corrected chi connectivity index (χ1v) is 14.0. The number of rotatable bonds is 6. The first kappa shape index (κ1) is 27.0. The summed E-state index contributed by atoms with van der Waals surface area (Å²) in [6.45, 7) is 1.79. The standard InChI is InChI=1S/C33H31N5O2.ClH/c39-32(40)30-27-16-17-29-28(31(27)37(36-30)26-18-20-34-21-19-26)22-35-38(29)33(23-10-4-1-5-11-23,24-12-6-2-7-13-24)25-14-8-3-9-15-25;/h1-15,22,26,34H,16-21H2,(H,39,40);1H. The lowest BCUT2D eigenvalue weighted by Gasteiger charge is -2.38. The van der Waals surface area contributed by atoms with Gasteiger partial charge in [-0.1, -0.05) is 91.0 Å². The summed E-state index contributed by atoms with van der Waals surface area (Å²) in [5, 5.41) is 23.4. The number of carboxylic acid groups (broad SMARTS) is 1. The van der Waals surface area contributed by atoms with Crippen LogP contribution in [-0.4, -0.2) is 43.7 Å². The molecule has 3 aromatic carbocycles. The number of piperidine rings is 1. The van der Waals surface area contributed by atoms with E-state index in [9.17, 15) is 9.90 Å². The van der Waals surface area contributed by atoms with Gasteiger partial charge in [-0.3, -0.25) is 4.68 Å². The molecule has 2 N–H and O–H groups in total. The molecule has 0 atom stereocenters. The quantitative estimate of drug-likeness (QED) is 0.257. The fraction of sp³-hybridized carbons (Fsp3) is 0.242. The van der Waals surface area contributed by atoms with Gasteiger partial charge in [0.15, 0.2) is 5.69 Å². The number of aromatic carboxylic acids is 1. The van der Waals surface area contributed by atoms with Crippen molar-refractivity contribution in [2.24, 2.45) is 0 Å². The molecule has 3 heterocycles. The molecule has 41 heavy (non-hydrogen) atoms. The highest BCUT2D eigenvalue weighted by atomic mass is 35.5. The number of fused-ring (bicyclic) bond motifs is 3. The average Bonchev–Trinajstić information content (AvgIpc) is 3.62. The smallest absolute Gasteiger partial charge is 0.356 e. The molecule has 0 unspecified atom stereocenters. The molecular weight excluding hydrogens is 534 g/mol. The Hall–Kier alpha value is -4.20. The van der Waals surface area contributed by atoms with E-state index in [0.717, 1.165) is 65.1 Å². The van der Waals surface area contributed by atoms with Crippen molar-refractivity contribution in [3.8, 4) is 11.3 Å². The zero-order chi connectivity index (χ0) is 27.1. The average molecular weight is 566 g/mol. The maximum absolute atomic E-state index is 12.3. The van der Waals surface area contributed by atoms with E-state index in [2.05, 4.69) is 82.8 Å². The van der Waals surface area contributed by atoms with E-state index in [1.54, 1.807) is 0 Å². The Kier molecular flexibility index (Phi) is 7.24. The van der Waals surface area contributed by atoms with Gasteiger partial charge in [0.1, 0.15) is 5.54 Å². The highest BCUT2D eigenvalue weighted by Crippen LogP contribution is 2.45. The van der Waals surface area contributed by atoms with E-state index in [1.165, 1.54) is 0 Å². The summed E-state index contributed by atoms with van der Waals surface area (Å²) in [5.74, 6) is -0.966. The third kappa shape index (κ3) is 4.28. The number of aromatic nitrogens is 4. The second kappa shape index (κ2) is 11.0. The molecule has 0 saturated carbocycles. The molecule has 0 amide bonds. The van der Waals surface area contributed by atoms with Gasteiger partial charge in [0.2, 0.25) is 0 Å². The summed E-state index contributed by atoms with van der Waals surface area (Å²) in [4.78, 5) is 12.3. The molecule has 2 aromatic heterocycles. The number of benzene rings is 3. The molecule has 7 rings (SSSR count). The van der Waals surface area contributed by atoms with E-state index >= 15 is 0 Å². The van der Waals surface area contributed by atoms with Crippen molar-refractivity contribution in [1.82, 2.24) is 24.9 Å². The van der Waals surface area contributed by atoms with Crippen LogP contribution in [0.2, 0.25) is 0 Å². The normalized spacial score (nSPS) is 15.0. The fourth-order valence-corrected chi connectivity index (χ4v) is 6.73. The van der Waals surface area contributed by atoms with Crippen LogP contribution in [0.1, 0.15) is 57.3 Å². The van der Waals surface area contributed by atoms with Gasteiger partial charge in [-0.05, 0) is 55.5 Å². The number of hydrogen-bond donors (Lipinski definition) is 2. The van der Waals surface area contributed by atoms with E-state index in [-0.39, 0.29) is 24.1 Å². The predicted molar refractivity (Wildman–Crippen MR) is 161 cm³/mol. The Morgan fingerprint density at radius 2 is 1.37 bits per heavy atom. The van der Waals surface area contributed by atoms with Crippen LogP contribution in [0.5, 0.6) is 0 Å². The Bertz CT molecular complexity index is 1560. The Labute approximate surface area is 245 Å². The van der Waals surface area contributed by atoms with Gasteiger partial charge in [0.05, 0.1) is 23.6 Å². The molecule has 1 aliphatic carbocycles. The molecule has 1 fully saturated rings. The predicted octanol–water partition coefficient (Wildman–Crippen LogP) is 5.73. The molecule has 208 valence electrons. The number of carboxylic acids is 1. The summed E-state index contributed by atoms with van der Waals surface area (Å²) in [6.07, 6.45) is 5.04. The number of halogens is 1. The van der Waals surface area contributed by atoms with E-state index in [4.69, 9.17) is 10.2 Å². The Morgan fingerprint density at radius 3 is 1.88 bits per heavy atom. The lowest BCUT2D eigenvalue weighted by molar-refractivity contribution is 0.0687. The number of nitrogens with zero attached hydrogens (tertiary/aromatic N) is 4. The topological polar surface area (TPSA) is 85.0 Å². The Morgan fingerprint density at radius 1 is 0.829 bits per heavy atom. The number of carbonyl (C=O) groups is 1. The first-order chi connectivity index (χ1) is 19.7. The van der Waals surface area contributed by atoms with Gasteiger partial charge in [0, 0.05) is 11.1 Å². The monoisotopic (exact) mass is 565 g/mol. The SMILES string of the molecule is Cl.O=C(O)c1nn(C2CCNCC2)c2c1CCc1c-2cnn1C(c1ccccc1)(c1ccccc1)c1ccccc1. The lowest BCUT2D eigenvalue weighted by atomic mass is 9.76. The highest BCUT2D eigenvalue weighted by molar-refractivity contribution is 5.90. The minimum Gasteiger partial charge on any atom is -0.476 e. The zero-order valence-electron chi connectivity index (χ0n) is 22.6. The van der Waals surface area contributed by atoms with Crippen LogP contribution in [-0.2, 0) is 18.4 Å². The van der Waals surface area contributed by atoms with Crippen LogP contribution in [0.15, 0.2) is 97.2 Å². The van der Waals surface area contributed by atoms with Crippen LogP contribution in [0.3, 0.4) is 0 Å². The van der Waals surface area contributed by atoms with Crippen molar-refractivity contribution in [2.75, 3.05) is 13.1 Å². The Balaban J connectivity index is 0.00000302. The van der Waals surface area contributed by atoms with E-state index in [0.29, 0.717) is 12.8 Å². The minimum absolute atomic E-state index is 0. The number of nitrogens with one attached hydrogen (secondary N) is 1. The maximum Gasteiger partial charge on any atom is 0.356 e. The number of hydrogen-bond acceptors (Lipinski definition) is 4. The molecule has 7 nitrogen and oxygen atoms in total. The molecule has 5 aromatic rings. The second-order valence-corrected chi connectivity index (χ2v) is 10.6. The molecule has 0 radical (unpaired) electrons. The summed E-state index contributed by atoms with van der Waals surface area (Å²) >= 11 is 0. The van der Waals surface area contributed by atoms with E-state index < -0.39 is 11.5 Å².